The number of rotatable bonds is 5. The summed E-state index contributed by atoms with van der Waals surface area (Å²) in [5.74, 6) is 0. The van der Waals surface area contributed by atoms with Gasteiger partial charge in [-0.1, -0.05) is 29.8 Å². The van der Waals surface area contributed by atoms with Gasteiger partial charge in [-0.25, -0.2) is 0 Å². The minimum absolute atomic E-state index is 0.467. The lowest BCUT2D eigenvalue weighted by Gasteiger charge is -2.12. The van der Waals surface area contributed by atoms with Crippen molar-refractivity contribution in [1.29, 1.82) is 0 Å². The summed E-state index contributed by atoms with van der Waals surface area (Å²) in [6, 6.07) is 8.11. The normalized spacial score (nSPS) is 12.4. The number of aliphatic hydroxyl groups excluding tert-OH is 1. The van der Waals surface area contributed by atoms with Crippen LogP contribution in [0.4, 0.5) is 0 Å². The van der Waals surface area contributed by atoms with Crippen molar-refractivity contribution in [1.82, 2.24) is 10.3 Å². The molecule has 0 spiro atoms. The lowest BCUT2D eigenvalue weighted by molar-refractivity contribution is 0.174. The van der Waals surface area contributed by atoms with Crippen LogP contribution in [0.2, 0.25) is 5.02 Å². The second-order valence-electron chi connectivity index (χ2n) is 5.00. The number of nitrogens with one attached hydrogen (secondary N) is 1. The van der Waals surface area contributed by atoms with Gasteiger partial charge >= 0.3 is 0 Å². The van der Waals surface area contributed by atoms with Gasteiger partial charge in [0.1, 0.15) is 0 Å². The van der Waals surface area contributed by atoms with Gasteiger partial charge in [0.25, 0.3) is 0 Å². The van der Waals surface area contributed by atoms with Crippen LogP contribution in [0.5, 0.6) is 0 Å². The Hall–Kier alpha value is -1.42. The Morgan fingerprint density at radius 2 is 2.00 bits per heavy atom. The number of benzene rings is 1. The molecular weight excluding hydrogens is 272 g/mol. The molecule has 0 saturated carbocycles. The van der Waals surface area contributed by atoms with Crippen molar-refractivity contribution in [2.24, 2.45) is 0 Å². The highest BCUT2D eigenvalue weighted by Gasteiger charge is 2.08. The first-order valence-electron chi connectivity index (χ1n) is 6.61. The zero-order chi connectivity index (χ0) is 14.5. The minimum atomic E-state index is -0.604. The second-order valence-corrected chi connectivity index (χ2v) is 5.44. The Morgan fingerprint density at radius 1 is 1.20 bits per heavy atom. The van der Waals surface area contributed by atoms with Crippen LogP contribution in [0.15, 0.2) is 36.7 Å². The van der Waals surface area contributed by atoms with Gasteiger partial charge in [0.2, 0.25) is 0 Å². The van der Waals surface area contributed by atoms with Gasteiger partial charge in [0.05, 0.1) is 11.1 Å². The number of pyridine rings is 1. The van der Waals surface area contributed by atoms with E-state index >= 15 is 0 Å². The molecule has 3 nitrogen and oxygen atoms in total. The molecule has 0 aliphatic heterocycles. The van der Waals surface area contributed by atoms with Gasteiger partial charge in [0.15, 0.2) is 0 Å². The van der Waals surface area contributed by atoms with Crippen LogP contribution in [0.1, 0.15) is 28.4 Å². The summed E-state index contributed by atoms with van der Waals surface area (Å²) in [4.78, 5) is 3.97. The number of nitrogens with zero attached hydrogens (tertiary/aromatic N) is 1. The van der Waals surface area contributed by atoms with Crippen molar-refractivity contribution in [3.8, 4) is 0 Å². The first-order valence-corrected chi connectivity index (χ1v) is 6.99. The predicted molar refractivity (Wildman–Crippen MR) is 81.8 cm³/mol. The lowest BCUT2D eigenvalue weighted by Crippen LogP contribution is -2.21. The number of aliphatic hydroxyl groups is 1. The van der Waals surface area contributed by atoms with Crippen molar-refractivity contribution in [3.05, 3.63) is 63.9 Å². The average Bonchev–Trinajstić information content (AvgIpc) is 2.42. The molecule has 1 heterocycles. The molecule has 0 fully saturated rings. The molecule has 2 aromatic rings. The van der Waals surface area contributed by atoms with E-state index in [1.165, 1.54) is 16.7 Å². The molecule has 0 amide bonds. The molecule has 2 rings (SSSR count). The fraction of sp³-hybridized carbons (Fsp3) is 0.312. The van der Waals surface area contributed by atoms with E-state index in [1.54, 1.807) is 18.5 Å². The molecular formula is C16H19ClN2O. The Labute approximate surface area is 124 Å². The molecule has 0 radical (unpaired) electrons. The maximum absolute atomic E-state index is 10.1. The molecule has 1 aromatic heterocycles. The van der Waals surface area contributed by atoms with Gasteiger partial charge in [-0.05, 0) is 36.6 Å². The van der Waals surface area contributed by atoms with Crippen LogP contribution in [-0.4, -0.2) is 16.6 Å². The van der Waals surface area contributed by atoms with Crippen LogP contribution in [0.3, 0.4) is 0 Å². The Bertz CT molecular complexity index is 586. The smallest absolute Gasteiger partial charge is 0.0929 e. The molecule has 0 bridgehead atoms. The quantitative estimate of drug-likeness (QED) is 0.889. The van der Waals surface area contributed by atoms with Crippen LogP contribution in [-0.2, 0) is 6.54 Å². The van der Waals surface area contributed by atoms with Crippen LogP contribution in [0.25, 0.3) is 0 Å². The standard InChI is InChI=1S/C16H19ClN2O/c1-11-3-4-13(5-12(11)2)7-18-10-16(20)14-6-15(17)9-19-8-14/h3-6,8-9,16,18,20H,7,10H2,1-2H3. The minimum Gasteiger partial charge on any atom is -0.387 e. The van der Waals surface area contributed by atoms with Crippen LogP contribution in [0, 0.1) is 13.8 Å². The molecule has 106 valence electrons. The zero-order valence-electron chi connectivity index (χ0n) is 11.7. The first-order chi connectivity index (χ1) is 9.56. The summed E-state index contributed by atoms with van der Waals surface area (Å²) in [5, 5.41) is 13.8. The van der Waals surface area contributed by atoms with E-state index < -0.39 is 6.10 Å². The summed E-state index contributed by atoms with van der Waals surface area (Å²) in [6.07, 6.45) is 2.59. The summed E-state index contributed by atoms with van der Waals surface area (Å²) >= 11 is 5.86. The average molecular weight is 291 g/mol. The van der Waals surface area contributed by atoms with Crippen molar-refractivity contribution in [2.75, 3.05) is 6.54 Å². The molecule has 4 heteroatoms. The molecule has 0 aliphatic rings. The summed E-state index contributed by atoms with van der Waals surface area (Å²) < 4.78 is 0. The van der Waals surface area contributed by atoms with E-state index in [0.717, 1.165) is 12.1 Å². The van der Waals surface area contributed by atoms with E-state index in [-0.39, 0.29) is 0 Å². The summed E-state index contributed by atoms with van der Waals surface area (Å²) in [6.45, 7) is 5.40. The van der Waals surface area contributed by atoms with E-state index in [0.29, 0.717) is 11.6 Å². The van der Waals surface area contributed by atoms with Crippen molar-refractivity contribution < 1.29 is 5.11 Å². The SMILES string of the molecule is Cc1ccc(CNCC(O)c2cncc(Cl)c2)cc1C. The van der Waals surface area contributed by atoms with E-state index in [2.05, 4.69) is 42.3 Å². The molecule has 0 saturated heterocycles. The maximum atomic E-state index is 10.1. The molecule has 20 heavy (non-hydrogen) atoms. The monoisotopic (exact) mass is 290 g/mol. The van der Waals surface area contributed by atoms with Crippen molar-refractivity contribution >= 4 is 11.6 Å². The fourth-order valence-electron chi connectivity index (χ4n) is 2.00. The molecule has 0 aliphatic carbocycles. The lowest BCUT2D eigenvalue weighted by atomic mass is 10.1. The third-order valence-corrected chi connectivity index (χ3v) is 3.56. The summed E-state index contributed by atoms with van der Waals surface area (Å²) in [7, 11) is 0. The third kappa shape index (κ3) is 4.04. The number of aromatic nitrogens is 1. The third-order valence-electron chi connectivity index (χ3n) is 3.35. The largest absolute Gasteiger partial charge is 0.387 e. The van der Waals surface area contributed by atoms with Crippen LogP contribution < -0.4 is 5.32 Å². The highest BCUT2D eigenvalue weighted by Crippen LogP contribution is 2.15. The Morgan fingerprint density at radius 3 is 2.70 bits per heavy atom. The topological polar surface area (TPSA) is 45.1 Å². The molecule has 1 aromatic carbocycles. The molecule has 1 atom stereocenters. The van der Waals surface area contributed by atoms with Crippen LogP contribution >= 0.6 is 11.6 Å². The Kier molecular flexibility index (Phi) is 5.12. The highest BCUT2D eigenvalue weighted by atomic mass is 35.5. The van der Waals surface area contributed by atoms with Gasteiger partial charge in [-0.3, -0.25) is 4.98 Å². The number of hydrogen-bond donors (Lipinski definition) is 2. The van der Waals surface area contributed by atoms with E-state index in [4.69, 9.17) is 11.6 Å². The highest BCUT2D eigenvalue weighted by molar-refractivity contribution is 6.30. The fourth-order valence-corrected chi connectivity index (χ4v) is 2.18. The Balaban J connectivity index is 1.87. The first kappa shape index (κ1) is 15.0. The van der Waals surface area contributed by atoms with Gasteiger partial charge in [-0.15, -0.1) is 0 Å². The van der Waals surface area contributed by atoms with Gasteiger partial charge in [-0.2, -0.15) is 0 Å². The van der Waals surface area contributed by atoms with Gasteiger partial charge in [0, 0.05) is 31.0 Å². The second kappa shape index (κ2) is 6.84. The molecule has 2 N–H and O–H groups in total. The van der Waals surface area contributed by atoms with E-state index in [9.17, 15) is 5.11 Å². The number of hydrogen-bond acceptors (Lipinski definition) is 3. The summed E-state index contributed by atoms with van der Waals surface area (Å²) in [5.41, 5.74) is 4.51. The number of halogens is 1. The predicted octanol–water partition coefficient (Wildman–Crippen LogP) is 3.18. The zero-order valence-corrected chi connectivity index (χ0v) is 12.5. The number of aryl methyl sites for hydroxylation is 2. The van der Waals surface area contributed by atoms with Gasteiger partial charge < -0.3 is 10.4 Å². The maximum Gasteiger partial charge on any atom is 0.0929 e. The van der Waals surface area contributed by atoms with Crippen molar-refractivity contribution in [2.45, 2.75) is 26.5 Å². The van der Waals surface area contributed by atoms with Crippen molar-refractivity contribution in [3.63, 3.8) is 0 Å². The van der Waals surface area contributed by atoms with E-state index in [1.807, 2.05) is 0 Å². The molecule has 1 unspecified atom stereocenters.